The van der Waals surface area contributed by atoms with Crippen LogP contribution in [0.5, 0.6) is 0 Å². The SMILES string of the molecule is COCc1cnc2nc(N)[nH]c(=O)c2n1. The van der Waals surface area contributed by atoms with E-state index in [9.17, 15) is 4.79 Å². The molecule has 0 bridgehead atoms. The van der Waals surface area contributed by atoms with Gasteiger partial charge in [-0.15, -0.1) is 0 Å². The van der Waals surface area contributed by atoms with E-state index in [1.807, 2.05) is 0 Å². The second-order valence-electron chi connectivity index (χ2n) is 2.92. The van der Waals surface area contributed by atoms with Crippen LogP contribution in [0.25, 0.3) is 11.2 Å². The van der Waals surface area contributed by atoms with Crippen molar-refractivity contribution in [3.05, 3.63) is 22.2 Å². The summed E-state index contributed by atoms with van der Waals surface area (Å²) < 4.78 is 4.88. The second kappa shape index (κ2) is 3.62. The van der Waals surface area contributed by atoms with Gasteiger partial charge in [-0.05, 0) is 0 Å². The highest BCUT2D eigenvalue weighted by molar-refractivity contribution is 5.69. The summed E-state index contributed by atoms with van der Waals surface area (Å²) in [7, 11) is 1.54. The maximum Gasteiger partial charge on any atom is 0.280 e. The van der Waals surface area contributed by atoms with Gasteiger partial charge < -0.3 is 10.5 Å². The number of aromatic nitrogens is 4. The number of nitrogen functional groups attached to an aromatic ring is 1. The van der Waals surface area contributed by atoms with E-state index >= 15 is 0 Å². The lowest BCUT2D eigenvalue weighted by Crippen LogP contribution is -2.14. The molecule has 0 amide bonds. The molecule has 0 saturated heterocycles. The average Bonchev–Trinajstić information content (AvgIpc) is 2.19. The maximum atomic E-state index is 11.4. The smallest absolute Gasteiger partial charge is 0.280 e. The van der Waals surface area contributed by atoms with Gasteiger partial charge in [0.2, 0.25) is 5.95 Å². The molecule has 2 rings (SSSR count). The Hall–Kier alpha value is -2.02. The molecule has 0 radical (unpaired) electrons. The highest BCUT2D eigenvalue weighted by atomic mass is 16.5. The van der Waals surface area contributed by atoms with Gasteiger partial charge in [0.05, 0.1) is 18.5 Å². The summed E-state index contributed by atoms with van der Waals surface area (Å²) in [5, 5.41) is 0. The number of nitrogens with two attached hydrogens (primary N) is 1. The van der Waals surface area contributed by atoms with Crippen LogP contribution in [0, 0.1) is 0 Å². The fourth-order valence-corrected chi connectivity index (χ4v) is 1.19. The third-order valence-electron chi connectivity index (χ3n) is 1.78. The molecule has 0 fully saturated rings. The first-order valence-corrected chi connectivity index (χ1v) is 4.21. The number of nitrogens with zero attached hydrogens (tertiary/aromatic N) is 3. The Balaban J connectivity index is 2.66. The largest absolute Gasteiger partial charge is 0.378 e. The highest BCUT2D eigenvalue weighted by Gasteiger charge is 2.05. The van der Waals surface area contributed by atoms with Crippen molar-refractivity contribution in [3.63, 3.8) is 0 Å². The number of aromatic amines is 1. The zero-order chi connectivity index (χ0) is 10.8. The normalized spacial score (nSPS) is 10.7. The maximum absolute atomic E-state index is 11.4. The van der Waals surface area contributed by atoms with E-state index in [0.29, 0.717) is 12.3 Å². The molecule has 7 heteroatoms. The molecule has 2 aromatic rings. The van der Waals surface area contributed by atoms with E-state index in [-0.39, 0.29) is 17.1 Å². The molecule has 0 saturated carbocycles. The fraction of sp³-hybridized carbons (Fsp3) is 0.250. The summed E-state index contributed by atoms with van der Waals surface area (Å²) in [6, 6.07) is 0. The van der Waals surface area contributed by atoms with Crippen molar-refractivity contribution >= 4 is 17.1 Å². The molecule has 0 atom stereocenters. The number of ether oxygens (including phenoxy) is 1. The van der Waals surface area contributed by atoms with Crippen molar-refractivity contribution in [1.82, 2.24) is 19.9 Å². The Bertz CT molecular complexity index is 550. The number of hydrogen-bond acceptors (Lipinski definition) is 6. The van der Waals surface area contributed by atoms with Crippen molar-refractivity contribution in [3.8, 4) is 0 Å². The predicted molar refractivity (Wildman–Crippen MR) is 53.1 cm³/mol. The Morgan fingerprint density at radius 3 is 3.07 bits per heavy atom. The van der Waals surface area contributed by atoms with Crippen LogP contribution in [0.1, 0.15) is 5.69 Å². The van der Waals surface area contributed by atoms with Gasteiger partial charge in [0.1, 0.15) is 0 Å². The van der Waals surface area contributed by atoms with Gasteiger partial charge in [-0.3, -0.25) is 9.78 Å². The van der Waals surface area contributed by atoms with Gasteiger partial charge >= 0.3 is 0 Å². The summed E-state index contributed by atoms with van der Waals surface area (Å²) in [5.74, 6) is 0.0290. The summed E-state index contributed by atoms with van der Waals surface area (Å²) in [6.07, 6.45) is 1.50. The highest BCUT2D eigenvalue weighted by Crippen LogP contribution is 2.03. The van der Waals surface area contributed by atoms with Gasteiger partial charge in [-0.2, -0.15) is 4.98 Å². The van der Waals surface area contributed by atoms with Crippen molar-refractivity contribution in [2.45, 2.75) is 6.61 Å². The molecule has 15 heavy (non-hydrogen) atoms. The third kappa shape index (κ3) is 1.77. The van der Waals surface area contributed by atoms with Crippen LogP contribution in [-0.2, 0) is 11.3 Å². The van der Waals surface area contributed by atoms with Gasteiger partial charge in [0, 0.05) is 7.11 Å². The van der Waals surface area contributed by atoms with Crippen LogP contribution in [0.15, 0.2) is 11.0 Å². The minimum Gasteiger partial charge on any atom is -0.378 e. The molecular weight excluding hydrogens is 198 g/mol. The van der Waals surface area contributed by atoms with E-state index in [2.05, 4.69) is 19.9 Å². The van der Waals surface area contributed by atoms with E-state index in [1.54, 1.807) is 0 Å². The van der Waals surface area contributed by atoms with E-state index in [0.717, 1.165) is 0 Å². The third-order valence-corrected chi connectivity index (χ3v) is 1.78. The molecule has 78 valence electrons. The van der Waals surface area contributed by atoms with Crippen molar-refractivity contribution in [1.29, 1.82) is 0 Å². The van der Waals surface area contributed by atoms with Crippen LogP contribution in [0.2, 0.25) is 0 Å². The van der Waals surface area contributed by atoms with Crippen molar-refractivity contribution in [2.75, 3.05) is 12.8 Å². The Labute approximate surface area is 84.3 Å². The van der Waals surface area contributed by atoms with Crippen LogP contribution >= 0.6 is 0 Å². The first kappa shape index (κ1) is 9.53. The Kier molecular flexibility index (Phi) is 2.30. The minimum absolute atomic E-state index is 0.0290. The number of nitrogens with one attached hydrogen (secondary N) is 1. The topological polar surface area (TPSA) is 107 Å². The van der Waals surface area contributed by atoms with E-state index in [1.165, 1.54) is 13.3 Å². The van der Waals surface area contributed by atoms with Crippen molar-refractivity contribution < 1.29 is 4.74 Å². The summed E-state index contributed by atoms with van der Waals surface area (Å²) in [4.78, 5) is 25.7. The Morgan fingerprint density at radius 1 is 1.53 bits per heavy atom. The Morgan fingerprint density at radius 2 is 2.33 bits per heavy atom. The van der Waals surface area contributed by atoms with Gasteiger partial charge in [0.15, 0.2) is 11.2 Å². The predicted octanol–water partition coefficient (Wildman–Crippen LogP) is -0.558. The molecule has 0 aromatic carbocycles. The van der Waals surface area contributed by atoms with Crippen LogP contribution < -0.4 is 11.3 Å². The quantitative estimate of drug-likeness (QED) is 0.683. The van der Waals surface area contributed by atoms with Gasteiger partial charge in [-0.1, -0.05) is 0 Å². The second-order valence-corrected chi connectivity index (χ2v) is 2.92. The molecule has 0 aliphatic heterocycles. The zero-order valence-corrected chi connectivity index (χ0v) is 8.02. The summed E-state index contributed by atoms with van der Waals surface area (Å²) >= 11 is 0. The standard InChI is InChI=1S/C8H9N5O2/c1-15-3-4-2-10-6-5(11-4)7(14)13-8(9)12-6/h2H,3H2,1H3,(H3,9,10,12,13,14). The average molecular weight is 207 g/mol. The minimum atomic E-state index is -0.400. The molecule has 0 unspecified atom stereocenters. The number of hydrogen-bond donors (Lipinski definition) is 2. The zero-order valence-electron chi connectivity index (χ0n) is 8.02. The summed E-state index contributed by atoms with van der Waals surface area (Å²) in [6.45, 7) is 0.298. The molecule has 2 aromatic heterocycles. The monoisotopic (exact) mass is 207 g/mol. The first-order valence-electron chi connectivity index (χ1n) is 4.21. The van der Waals surface area contributed by atoms with Crippen molar-refractivity contribution in [2.24, 2.45) is 0 Å². The molecule has 2 heterocycles. The molecule has 0 aliphatic carbocycles. The number of rotatable bonds is 2. The van der Waals surface area contributed by atoms with Crippen LogP contribution in [-0.4, -0.2) is 27.0 Å². The van der Waals surface area contributed by atoms with E-state index < -0.39 is 5.56 Å². The van der Waals surface area contributed by atoms with Gasteiger partial charge in [-0.25, -0.2) is 9.97 Å². The lowest BCUT2D eigenvalue weighted by molar-refractivity contribution is 0.181. The molecule has 0 spiro atoms. The number of anilines is 1. The fourth-order valence-electron chi connectivity index (χ4n) is 1.19. The van der Waals surface area contributed by atoms with E-state index in [4.69, 9.17) is 10.5 Å². The molecule has 7 nitrogen and oxygen atoms in total. The number of fused-ring (bicyclic) bond motifs is 1. The lowest BCUT2D eigenvalue weighted by Gasteiger charge is -2.00. The number of methoxy groups -OCH3 is 1. The summed E-state index contributed by atoms with van der Waals surface area (Å²) in [5.41, 5.74) is 5.93. The molecule has 0 aliphatic rings. The molecule has 3 N–H and O–H groups in total. The van der Waals surface area contributed by atoms with Gasteiger partial charge in [0.25, 0.3) is 5.56 Å². The molecular formula is C8H9N5O2. The van der Waals surface area contributed by atoms with Crippen LogP contribution in [0.3, 0.4) is 0 Å². The first-order chi connectivity index (χ1) is 7.20. The number of H-pyrrole nitrogens is 1. The lowest BCUT2D eigenvalue weighted by atomic mass is 10.4. The van der Waals surface area contributed by atoms with Crippen LogP contribution in [0.4, 0.5) is 5.95 Å².